The lowest BCUT2D eigenvalue weighted by Crippen LogP contribution is -2.33. The molecule has 0 aliphatic carbocycles. The molecule has 0 heterocycles. The Hall–Kier alpha value is -2.22. The molecule has 2 aromatic carbocycles. The Balaban J connectivity index is 2.32. The highest BCUT2D eigenvalue weighted by Crippen LogP contribution is 2.30. The van der Waals surface area contributed by atoms with Crippen molar-refractivity contribution in [3.8, 4) is 0 Å². The van der Waals surface area contributed by atoms with Crippen molar-refractivity contribution in [1.29, 1.82) is 0 Å². The molecule has 0 aliphatic rings. The van der Waals surface area contributed by atoms with Crippen molar-refractivity contribution in [3.05, 3.63) is 71.8 Å². The normalized spacial score (nSPS) is 13.5. The van der Waals surface area contributed by atoms with E-state index in [9.17, 15) is 9.59 Å². The molecule has 2 rings (SSSR count). The van der Waals surface area contributed by atoms with Crippen LogP contribution in [0.1, 0.15) is 36.2 Å². The van der Waals surface area contributed by atoms with Gasteiger partial charge >= 0.3 is 0 Å². The van der Waals surface area contributed by atoms with Crippen LogP contribution >= 0.6 is 0 Å². The zero-order valence-corrected chi connectivity index (χ0v) is 11.8. The van der Waals surface area contributed by atoms with E-state index in [2.05, 4.69) is 0 Å². The Labute approximate surface area is 119 Å². The maximum Gasteiger partial charge on any atom is 0.164 e. The molecule has 1 unspecified atom stereocenters. The van der Waals surface area contributed by atoms with Crippen molar-refractivity contribution in [3.63, 3.8) is 0 Å². The maximum atomic E-state index is 12.4. The van der Waals surface area contributed by atoms with Gasteiger partial charge in [0.05, 0.1) is 5.41 Å². The van der Waals surface area contributed by atoms with Crippen molar-refractivity contribution in [2.45, 2.75) is 25.7 Å². The van der Waals surface area contributed by atoms with Crippen LogP contribution in [0.3, 0.4) is 0 Å². The van der Waals surface area contributed by atoms with Gasteiger partial charge in [0, 0.05) is 12.0 Å². The molecule has 2 nitrogen and oxygen atoms in total. The minimum atomic E-state index is -0.770. The topological polar surface area (TPSA) is 34.1 Å². The van der Waals surface area contributed by atoms with Gasteiger partial charge in [-0.3, -0.25) is 9.59 Å². The average Bonchev–Trinajstić information content (AvgIpc) is 2.48. The molecule has 0 spiro atoms. The Kier molecular flexibility index (Phi) is 4.14. The molecule has 0 saturated heterocycles. The predicted octanol–water partition coefficient (Wildman–Crippen LogP) is 3.81. The summed E-state index contributed by atoms with van der Waals surface area (Å²) in [6, 6.07) is 18.6. The molecular formula is C18H18O2. The molecule has 102 valence electrons. The van der Waals surface area contributed by atoms with E-state index in [1.54, 1.807) is 19.1 Å². The van der Waals surface area contributed by atoms with Gasteiger partial charge in [-0.1, -0.05) is 60.7 Å². The second kappa shape index (κ2) is 5.83. The summed E-state index contributed by atoms with van der Waals surface area (Å²) in [6.45, 7) is 3.39. The Morgan fingerprint density at radius 2 is 1.40 bits per heavy atom. The fourth-order valence-corrected chi connectivity index (χ4v) is 2.28. The fraction of sp³-hybridized carbons (Fsp3) is 0.222. The van der Waals surface area contributed by atoms with Gasteiger partial charge in [-0.05, 0) is 19.4 Å². The number of hydrogen-bond donors (Lipinski definition) is 0. The molecule has 20 heavy (non-hydrogen) atoms. The van der Waals surface area contributed by atoms with Crippen LogP contribution in [0.2, 0.25) is 0 Å². The number of benzene rings is 2. The summed E-state index contributed by atoms with van der Waals surface area (Å²) in [5.41, 5.74) is 0.765. The summed E-state index contributed by atoms with van der Waals surface area (Å²) < 4.78 is 0. The van der Waals surface area contributed by atoms with E-state index in [1.807, 2.05) is 55.5 Å². The van der Waals surface area contributed by atoms with E-state index in [4.69, 9.17) is 0 Å². The number of carbonyl (C=O) groups is 2. The lowest BCUT2D eigenvalue weighted by molar-refractivity contribution is -0.121. The largest absolute Gasteiger partial charge is 0.299 e. The first-order valence-corrected chi connectivity index (χ1v) is 6.69. The summed E-state index contributed by atoms with van der Waals surface area (Å²) in [4.78, 5) is 24.5. The van der Waals surface area contributed by atoms with Gasteiger partial charge in [0.15, 0.2) is 5.78 Å². The second-order valence-corrected chi connectivity index (χ2v) is 5.22. The van der Waals surface area contributed by atoms with Crippen LogP contribution in [0.15, 0.2) is 60.7 Å². The lowest BCUT2D eigenvalue weighted by Gasteiger charge is -2.26. The van der Waals surface area contributed by atoms with Gasteiger partial charge in [-0.2, -0.15) is 0 Å². The zero-order chi connectivity index (χ0) is 14.6. The maximum absolute atomic E-state index is 12.4. The van der Waals surface area contributed by atoms with Crippen molar-refractivity contribution in [2.75, 3.05) is 0 Å². The van der Waals surface area contributed by atoms with Gasteiger partial charge in [0.1, 0.15) is 5.78 Å². The summed E-state index contributed by atoms with van der Waals surface area (Å²) in [5, 5.41) is 0. The first kappa shape index (κ1) is 14.2. The summed E-state index contributed by atoms with van der Waals surface area (Å²) in [7, 11) is 0. The monoisotopic (exact) mass is 266 g/mol. The highest BCUT2D eigenvalue weighted by Gasteiger charge is 2.34. The summed E-state index contributed by atoms with van der Waals surface area (Å²) in [5.74, 6) is 0.000124. The fourth-order valence-electron chi connectivity index (χ4n) is 2.28. The van der Waals surface area contributed by atoms with E-state index < -0.39 is 5.41 Å². The third-order valence-electron chi connectivity index (χ3n) is 3.80. The molecule has 0 aromatic heterocycles. The van der Waals surface area contributed by atoms with E-state index in [1.165, 1.54) is 0 Å². The molecule has 0 radical (unpaired) electrons. The van der Waals surface area contributed by atoms with Crippen LogP contribution in [-0.2, 0) is 10.2 Å². The van der Waals surface area contributed by atoms with Crippen molar-refractivity contribution < 1.29 is 9.59 Å². The highest BCUT2D eigenvalue weighted by atomic mass is 16.1. The zero-order valence-electron chi connectivity index (χ0n) is 11.8. The summed E-state index contributed by atoms with van der Waals surface area (Å²) >= 11 is 0. The van der Waals surface area contributed by atoms with E-state index in [0.29, 0.717) is 5.56 Å². The molecule has 0 bridgehead atoms. The van der Waals surface area contributed by atoms with Crippen molar-refractivity contribution >= 4 is 11.6 Å². The second-order valence-electron chi connectivity index (χ2n) is 5.22. The Bertz CT molecular complexity index is 602. The molecule has 2 heteroatoms. The molecule has 0 amide bonds. The van der Waals surface area contributed by atoms with Crippen LogP contribution in [0, 0.1) is 0 Å². The standard InChI is InChI=1S/C18H18O2/c1-14(19)18(2,16-11-7-4-8-12-16)13-17(20)15-9-5-3-6-10-15/h3-12H,13H2,1-2H3. The number of ketones is 2. The third-order valence-corrected chi connectivity index (χ3v) is 3.80. The van der Waals surface area contributed by atoms with Crippen LogP contribution in [0.25, 0.3) is 0 Å². The quantitative estimate of drug-likeness (QED) is 0.771. The van der Waals surface area contributed by atoms with Crippen molar-refractivity contribution in [2.24, 2.45) is 0 Å². The first-order valence-electron chi connectivity index (χ1n) is 6.69. The molecule has 0 N–H and O–H groups in total. The molecule has 0 aliphatic heterocycles. The lowest BCUT2D eigenvalue weighted by atomic mass is 9.74. The first-order chi connectivity index (χ1) is 9.54. The van der Waals surface area contributed by atoms with Crippen LogP contribution in [0.5, 0.6) is 0 Å². The minimum Gasteiger partial charge on any atom is -0.299 e. The average molecular weight is 266 g/mol. The van der Waals surface area contributed by atoms with E-state index in [-0.39, 0.29) is 18.0 Å². The van der Waals surface area contributed by atoms with Gasteiger partial charge < -0.3 is 0 Å². The molecular weight excluding hydrogens is 248 g/mol. The van der Waals surface area contributed by atoms with Gasteiger partial charge in [0.2, 0.25) is 0 Å². The molecule has 1 atom stereocenters. The van der Waals surface area contributed by atoms with Crippen molar-refractivity contribution in [1.82, 2.24) is 0 Å². The van der Waals surface area contributed by atoms with Gasteiger partial charge in [0.25, 0.3) is 0 Å². The van der Waals surface area contributed by atoms with Crippen LogP contribution < -0.4 is 0 Å². The SMILES string of the molecule is CC(=O)C(C)(CC(=O)c1ccccc1)c1ccccc1. The molecule has 2 aromatic rings. The van der Waals surface area contributed by atoms with Gasteiger partial charge in [-0.15, -0.1) is 0 Å². The van der Waals surface area contributed by atoms with Crippen LogP contribution in [0.4, 0.5) is 0 Å². The van der Waals surface area contributed by atoms with E-state index in [0.717, 1.165) is 5.56 Å². The number of rotatable bonds is 5. The highest BCUT2D eigenvalue weighted by molar-refractivity contribution is 6.01. The smallest absolute Gasteiger partial charge is 0.164 e. The number of hydrogen-bond acceptors (Lipinski definition) is 2. The molecule has 0 fully saturated rings. The Morgan fingerprint density at radius 1 is 0.900 bits per heavy atom. The van der Waals surface area contributed by atoms with E-state index >= 15 is 0 Å². The minimum absolute atomic E-state index is 0.00727. The van der Waals surface area contributed by atoms with Gasteiger partial charge in [-0.25, -0.2) is 0 Å². The number of carbonyl (C=O) groups excluding carboxylic acids is 2. The molecule has 0 saturated carbocycles. The summed E-state index contributed by atoms with van der Waals surface area (Å²) in [6.07, 6.45) is 0.191. The number of Topliss-reactive ketones (excluding diaryl/α,β-unsaturated/α-hetero) is 2. The third kappa shape index (κ3) is 2.85. The Morgan fingerprint density at radius 3 is 1.90 bits per heavy atom. The van der Waals surface area contributed by atoms with Crippen LogP contribution in [-0.4, -0.2) is 11.6 Å². The predicted molar refractivity (Wildman–Crippen MR) is 79.9 cm³/mol.